The maximum absolute atomic E-state index is 14.4. The van der Waals surface area contributed by atoms with Crippen LogP contribution in [0.5, 0.6) is 0 Å². The van der Waals surface area contributed by atoms with Crippen LogP contribution in [0.25, 0.3) is 28.4 Å². The van der Waals surface area contributed by atoms with Gasteiger partial charge < -0.3 is 55.3 Å². The van der Waals surface area contributed by atoms with E-state index in [1.807, 2.05) is 30.3 Å². The van der Waals surface area contributed by atoms with Crippen LogP contribution < -0.4 is 32.6 Å². The molecule has 2 aliphatic rings. The van der Waals surface area contributed by atoms with E-state index in [9.17, 15) is 50.4 Å². The Labute approximate surface area is 504 Å². The van der Waals surface area contributed by atoms with E-state index < -0.39 is 80.1 Å². The number of aromatic nitrogens is 4. The number of sulfonamides is 1. The number of ether oxygens (including phenoxy) is 5. The lowest BCUT2D eigenvalue weighted by Gasteiger charge is -2.35. The van der Waals surface area contributed by atoms with Crippen molar-refractivity contribution in [2.45, 2.75) is 115 Å². The summed E-state index contributed by atoms with van der Waals surface area (Å²) in [4.78, 5) is 105. The fraction of sp³-hybridized carbons (Fsp3) is 0.458. The number of nitrogens with zero attached hydrogens (tertiary/aromatic N) is 5. The number of amides is 4. The van der Waals surface area contributed by atoms with Crippen molar-refractivity contribution in [2.24, 2.45) is 5.73 Å². The Balaban J connectivity index is 0.846. The number of pyridine rings is 2. The molecule has 468 valence electrons. The average Bonchev–Trinajstić information content (AvgIpc) is 1.68. The molecule has 0 unspecified atom stereocenters. The molecule has 28 heteroatoms. The highest BCUT2D eigenvalue weighted by molar-refractivity contribution is 7.90. The van der Waals surface area contributed by atoms with Crippen molar-refractivity contribution in [1.29, 1.82) is 0 Å². The van der Waals surface area contributed by atoms with Crippen molar-refractivity contribution in [3.63, 3.8) is 0 Å². The summed E-state index contributed by atoms with van der Waals surface area (Å²) in [6, 6.07) is 14.1. The van der Waals surface area contributed by atoms with Crippen molar-refractivity contribution in [1.82, 2.24) is 39.8 Å². The van der Waals surface area contributed by atoms with Gasteiger partial charge in [-0.3, -0.25) is 24.0 Å². The number of anilines is 1. The molecule has 2 atom stereocenters. The second-order valence-corrected chi connectivity index (χ2v) is 25.0. The first-order chi connectivity index (χ1) is 41.5. The van der Waals surface area contributed by atoms with E-state index in [0.29, 0.717) is 72.4 Å². The standard InChI is InChI=1S/C59H74N10O16S2/c1-6-59(46-30-49-53-44(33-68(49)55(74)45(46)35-83-56(59)75)42(43-15-10-11-16-47(43)67-53)23-27-69(38(2)3)87(5,79)80)85-58(76)84-34-39-19-21-41(22-20-39)65-54(73)48(17-12-13-24-60)66-52(72)37-82-36-51(71)62-26-29-81-28-25-61-50(70)18-9-7-8-14-40-31-63-57(64-32-40)86(4,77)78/h8,10-11,14-16,19-22,30-32,38,48H,6-7,9,12-13,17-18,23-29,33-37,60H2,1-5H3,(H,61,70)(H,62,71)(H,65,73)(H,66,72)/b14-8+/t48-,59-/m0/s1. The molecule has 6 N–H and O–H groups in total. The third-order valence-electron chi connectivity index (χ3n) is 14.4. The molecule has 0 saturated heterocycles. The van der Waals surface area contributed by atoms with Gasteiger partial charge in [0.25, 0.3) is 5.56 Å². The van der Waals surface area contributed by atoms with Gasteiger partial charge in [-0.15, -0.1) is 0 Å². The van der Waals surface area contributed by atoms with Crippen LogP contribution in [0.15, 0.2) is 83.0 Å². The van der Waals surface area contributed by atoms with Crippen molar-refractivity contribution >= 4 is 78.3 Å². The quantitative estimate of drug-likeness (QED) is 0.0229. The number of fused-ring (bicyclic) bond motifs is 5. The number of esters is 1. The number of rotatable bonds is 32. The number of carbonyl (C=O) groups excluding carboxylic acids is 6. The molecule has 5 heterocycles. The maximum atomic E-state index is 14.4. The number of benzene rings is 2. The number of unbranched alkanes of at least 4 members (excludes halogenated alkanes) is 2. The molecule has 2 aliphatic heterocycles. The summed E-state index contributed by atoms with van der Waals surface area (Å²) < 4.78 is 79.1. The molecule has 26 nitrogen and oxygen atoms in total. The molecule has 7 rings (SSSR count). The number of cyclic esters (lactones) is 1. The maximum Gasteiger partial charge on any atom is 0.510 e. The van der Waals surface area contributed by atoms with Crippen LogP contribution in [0.1, 0.15) is 99.1 Å². The van der Waals surface area contributed by atoms with Gasteiger partial charge in [-0.1, -0.05) is 49.4 Å². The van der Waals surface area contributed by atoms with Gasteiger partial charge in [-0.05, 0) is 101 Å². The van der Waals surface area contributed by atoms with Crippen LogP contribution in [-0.2, 0) is 99.3 Å². The Morgan fingerprint density at radius 1 is 0.885 bits per heavy atom. The second kappa shape index (κ2) is 30.6. The molecule has 2 aromatic carbocycles. The van der Waals surface area contributed by atoms with Gasteiger partial charge >= 0.3 is 12.1 Å². The van der Waals surface area contributed by atoms with Crippen LogP contribution in [0.2, 0.25) is 0 Å². The number of nitrogens with two attached hydrogens (primary N) is 1. The zero-order chi connectivity index (χ0) is 62.9. The zero-order valence-corrected chi connectivity index (χ0v) is 50.9. The summed E-state index contributed by atoms with van der Waals surface area (Å²) in [6.07, 6.45) is 10.4. The van der Waals surface area contributed by atoms with Gasteiger partial charge in [0.05, 0.1) is 48.5 Å². The summed E-state index contributed by atoms with van der Waals surface area (Å²) in [6.45, 7) is 5.05. The largest absolute Gasteiger partial charge is 0.510 e. The minimum atomic E-state index is -3.54. The third kappa shape index (κ3) is 17.8. The van der Waals surface area contributed by atoms with E-state index in [1.54, 1.807) is 57.2 Å². The predicted molar refractivity (Wildman–Crippen MR) is 320 cm³/mol. The number of allylic oxidation sites excluding steroid dienone is 1. The number of carbonyl (C=O) groups is 6. The van der Waals surface area contributed by atoms with E-state index in [1.165, 1.54) is 27.5 Å². The minimum absolute atomic E-state index is 0.119. The van der Waals surface area contributed by atoms with Crippen LogP contribution in [0.4, 0.5) is 10.5 Å². The summed E-state index contributed by atoms with van der Waals surface area (Å²) in [5.74, 6) is -2.72. The smallest absolute Gasteiger partial charge is 0.457 e. The molecule has 4 amide bonds. The van der Waals surface area contributed by atoms with Crippen LogP contribution in [0.3, 0.4) is 0 Å². The lowest BCUT2D eigenvalue weighted by Crippen LogP contribution is -2.47. The summed E-state index contributed by atoms with van der Waals surface area (Å²) in [5.41, 5.74) is 7.94. The lowest BCUT2D eigenvalue weighted by molar-refractivity contribution is -0.175. The topological polar surface area (TPSA) is 355 Å². The van der Waals surface area contributed by atoms with E-state index in [-0.39, 0.29) is 100 Å². The molecule has 0 aliphatic carbocycles. The van der Waals surface area contributed by atoms with E-state index in [0.717, 1.165) is 22.8 Å². The van der Waals surface area contributed by atoms with E-state index in [4.69, 9.17) is 34.4 Å². The number of sulfone groups is 1. The van der Waals surface area contributed by atoms with Crippen molar-refractivity contribution in [3.05, 3.63) is 117 Å². The molecule has 0 bridgehead atoms. The van der Waals surface area contributed by atoms with E-state index in [2.05, 4.69) is 31.2 Å². The minimum Gasteiger partial charge on any atom is -0.457 e. The fourth-order valence-electron chi connectivity index (χ4n) is 10.0. The Morgan fingerprint density at radius 3 is 2.26 bits per heavy atom. The monoisotopic (exact) mass is 1240 g/mol. The summed E-state index contributed by atoms with van der Waals surface area (Å²) in [7, 11) is -7.02. The molecule has 87 heavy (non-hydrogen) atoms. The molecule has 0 radical (unpaired) electrons. The predicted octanol–water partition coefficient (Wildman–Crippen LogP) is 3.55. The number of nitrogens with one attached hydrogen (secondary N) is 4. The normalized spacial score (nSPS) is 14.9. The Kier molecular flexibility index (Phi) is 23.4. The SMILES string of the molecule is CC[C@@]1(OC(=O)OCc2ccc(NC(=O)[C@H](CCCCN)NC(=O)COCC(=O)NCCOCCNC(=O)CCC/C=C/c3cnc(S(C)(=O)=O)nc3)cc2)C(=O)OCc2c1cc1n(c2=O)Cc2c-1nc1ccccc1c2CCN(C(C)C)S(C)(=O)=O. The van der Waals surface area contributed by atoms with Gasteiger partial charge in [-0.25, -0.2) is 41.4 Å². The van der Waals surface area contributed by atoms with Gasteiger partial charge in [0.1, 0.15) is 32.5 Å². The number of para-hydroxylation sites is 1. The van der Waals surface area contributed by atoms with Gasteiger partial charge in [-0.2, -0.15) is 4.31 Å². The van der Waals surface area contributed by atoms with Crippen molar-refractivity contribution < 1.29 is 69.3 Å². The lowest BCUT2D eigenvalue weighted by atomic mass is 9.85. The van der Waals surface area contributed by atoms with Crippen molar-refractivity contribution in [2.75, 3.05) is 70.4 Å². The number of hydrogen-bond donors (Lipinski definition) is 5. The molecule has 3 aromatic heterocycles. The molecular formula is C59H74N10O16S2. The molecule has 5 aromatic rings. The fourth-order valence-corrected chi connectivity index (χ4v) is 11.7. The van der Waals surface area contributed by atoms with Crippen LogP contribution >= 0.6 is 0 Å². The highest BCUT2D eigenvalue weighted by atomic mass is 32.2. The van der Waals surface area contributed by atoms with Gasteiger partial charge in [0, 0.05) is 78.5 Å². The molecule has 0 fully saturated rings. The Bertz CT molecular complexity index is 3640. The van der Waals surface area contributed by atoms with Crippen LogP contribution in [0, 0.1) is 0 Å². The number of hydrogen-bond acceptors (Lipinski definition) is 20. The third-order valence-corrected chi connectivity index (χ3v) is 16.7. The molecule has 0 saturated carbocycles. The Morgan fingerprint density at radius 2 is 1.59 bits per heavy atom. The zero-order valence-electron chi connectivity index (χ0n) is 49.3. The van der Waals surface area contributed by atoms with Gasteiger partial charge in [0.2, 0.25) is 54.2 Å². The first-order valence-corrected chi connectivity index (χ1v) is 32.2. The van der Waals surface area contributed by atoms with Gasteiger partial charge in [0.15, 0.2) is 0 Å². The first kappa shape index (κ1) is 66.5. The van der Waals surface area contributed by atoms with Crippen LogP contribution in [-0.4, -0.2) is 154 Å². The van der Waals surface area contributed by atoms with E-state index >= 15 is 0 Å². The van der Waals surface area contributed by atoms with Crippen molar-refractivity contribution in [3.8, 4) is 11.4 Å². The first-order valence-electron chi connectivity index (χ1n) is 28.5. The molecular weight excluding hydrogens is 1170 g/mol. The highest BCUT2D eigenvalue weighted by Crippen LogP contribution is 2.42. The second-order valence-electron chi connectivity index (χ2n) is 21.1. The molecule has 0 spiro atoms. The highest BCUT2D eigenvalue weighted by Gasteiger charge is 2.51. The Hall–Kier alpha value is -8.02. The average molecular weight is 1240 g/mol. The summed E-state index contributed by atoms with van der Waals surface area (Å²) >= 11 is 0. The summed E-state index contributed by atoms with van der Waals surface area (Å²) in [5, 5.41) is 11.3.